The number of aromatic hydroxyl groups is 1. The average molecular weight is 490 g/mol. The molecule has 2 rings (SSSR count). The molecule has 152 valence electrons. The number of guanidine groups is 1. The van der Waals surface area contributed by atoms with Gasteiger partial charge in [-0.25, -0.2) is 4.99 Å². The molecule has 1 fully saturated rings. The van der Waals surface area contributed by atoms with Crippen LogP contribution in [0.1, 0.15) is 34.1 Å². The summed E-state index contributed by atoms with van der Waals surface area (Å²) >= 11 is 0. The summed E-state index contributed by atoms with van der Waals surface area (Å²) in [6, 6.07) is 6.54. The number of hydrogen-bond donors (Lipinski definition) is 4. The fourth-order valence-corrected chi connectivity index (χ4v) is 3.10. The minimum absolute atomic E-state index is 0. The van der Waals surface area contributed by atoms with E-state index in [9.17, 15) is 9.90 Å². The van der Waals surface area contributed by atoms with Crippen molar-refractivity contribution >= 4 is 41.5 Å². The summed E-state index contributed by atoms with van der Waals surface area (Å²) in [5.74, 6) is 0.554. The molecule has 8 heteroatoms. The molecule has 1 amide bonds. The minimum Gasteiger partial charge on any atom is -0.508 e. The monoisotopic (exact) mass is 490 g/mol. The summed E-state index contributed by atoms with van der Waals surface area (Å²) in [4.78, 5) is 16.5. The number of nitrogens with one attached hydrogen (secondary N) is 3. The van der Waals surface area contributed by atoms with Crippen LogP contribution in [0.15, 0.2) is 29.3 Å². The maximum Gasteiger partial charge on any atom is 0.246 e. The van der Waals surface area contributed by atoms with Crippen molar-refractivity contribution in [2.24, 2.45) is 10.4 Å². The number of aliphatic imine (C=N–C) groups is 1. The van der Waals surface area contributed by atoms with E-state index in [1.54, 1.807) is 19.2 Å². The lowest BCUT2D eigenvalue weighted by Gasteiger charge is -2.59. The molecule has 1 aliphatic carbocycles. The first-order valence-electron chi connectivity index (χ1n) is 8.90. The van der Waals surface area contributed by atoms with Crippen molar-refractivity contribution in [3.8, 4) is 5.75 Å². The molecule has 0 radical (unpaired) electrons. The molecule has 1 aromatic rings. The van der Waals surface area contributed by atoms with Gasteiger partial charge in [0.05, 0.1) is 5.60 Å². The Bertz CT molecular complexity index is 663. The Morgan fingerprint density at radius 3 is 2.44 bits per heavy atom. The van der Waals surface area contributed by atoms with E-state index < -0.39 is 0 Å². The van der Waals surface area contributed by atoms with Gasteiger partial charge in [0.2, 0.25) is 5.91 Å². The summed E-state index contributed by atoms with van der Waals surface area (Å²) in [5, 5.41) is 18.6. The summed E-state index contributed by atoms with van der Waals surface area (Å²) in [7, 11) is 1.74. The largest absolute Gasteiger partial charge is 0.508 e. The molecule has 1 aromatic carbocycles. The van der Waals surface area contributed by atoms with Crippen molar-refractivity contribution in [3.05, 3.63) is 24.3 Å². The SMILES string of the molecule is CCNC(=NCC(=O)Nc1ccc(O)cc1)NC1CC(C)(OC)C1(C)C.I. The molecule has 2 unspecified atom stereocenters. The van der Waals surface area contributed by atoms with Gasteiger partial charge in [0.1, 0.15) is 12.3 Å². The number of ether oxygens (including phenoxy) is 1. The quantitative estimate of drug-likeness (QED) is 0.213. The van der Waals surface area contributed by atoms with Crippen molar-refractivity contribution < 1.29 is 14.6 Å². The first kappa shape index (κ1) is 23.5. The average Bonchev–Trinajstić information content (AvgIpc) is 2.61. The van der Waals surface area contributed by atoms with Crippen molar-refractivity contribution in [2.45, 2.75) is 45.8 Å². The Balaban J connectivity index is 0.00000364. The van der Waals surface area contributed by atoms with Crippen LogP contribution in [0.3, 0.4) is 0 Å². The van der Waals surface area contributed by atoms with Crippen LogP contribution in [0.5, 0.6) is 5.75 Å². The summed E-state index contributed by atoms with van der Waals surface area (Å²) in [5.41, 5.74) is 0.404. The molecular weight excluding hydrogens is 459 g/mol. The molecule has 4 N–H and O–H groups in total. The molecule has 2 atom stereocenters. The number of halogens is 1. The number of methoxy groups -OCH3 is 1. The maximum absolute atomic E-state index is 12.1. The highest BCUT2D eigenvalue weighted by Gasteiger charge is 2.58. The number of phenols is 1. The number of benzene rings is 1. The summed E-state index contributed by atoms with van der Waals surface area (Å²) < 4.78 is 5.65. The molecule has 0 aromatic heterocycles. The van der Waals surface area contributed by atoms with Gasteiger partial charge in [-0.1, -0.05) is 13.8 Å². The van der Waals surface area contributed by atoms with Gasteiger partial charge in [-0.2, -0.15) is 0 Å². The van der Waals surface area contributed by atoms with Gasteiger partial charge in [-0.3, -0.25) is 4.79 Å². The van der Waals surface area contributed by atoms with Crippen LogP contribution in [0.4, 0.5) is 5.69 Å². The molecule has 27 heavy (non-hydrogen) atoms. The summed E-state index contributed by atoms with van der Waals surface area (Å²) in [6.45, 7) is 9.14. The molecule has 0 saturated heterocycles. The number of phenolic OH excluding ortho intramolecular Hbond substituents is 1. The molecule has 0 spiro atoms. The Morgan fingerprint density at radius 2 is 1.93 bits per heavy atom. The number of nitrogens with zero attached hydrogens (tertiary/aromatic N) is 1. The van der Waals surface area contributed by atoms with E-state index in [-0.39, 0.29) is 59.2 Å². The van der Waals surface area contributed by atoms with Crippen molar-refractivity contribution in [3.63, 3.8) is 0 Å². The van der Waals surface area contributed by atoms with Crippen LogP contribution >= 0.6 is 24.0 Å². The second-order valence-corrected chi connectivity index (χ2v) is 7.35. The molecular formula is C19H31IN4O3. The zero-order valence-corrected chi connectivity index (χ0v) is 19.0. The van der Waals surface area contributed by atoms with E-state index in [2.05, 4.69) is 41.7 Å². The van der Waals surface area contributed by atoms with E-state index in [0.29, 0.717) is 18.2 Å². The topological polar surface area (TPSA) is 95.0 Å². The third kappa shape index (κ3) is 5.47. The first-order valence-corrected chi connectivity index (χ1v) is 8.90. The number of carbonyl (C=O) groups excluding carboxylic acids is 1. The second kappa shape index (κ2) is 9.59. The Morgan fingerprint density at radius 1 is 1.30 bits per heavy atom. The minimum atomic E-state index is -0.220. The number of anilines is 1. The zero-order valence-electron chi connectivity index (χ0n) is 16.6. The van der Waals surface area contributed by atoms with E-state index in [1.165, 1.54) is 12.1 Å². The predicted octanol–water partition coefficient (Wildman–Crippen LogP) is 2.71. The van der Waals surface area contributed by atoms with Gasteiger partial charge in [-0.15, -0.1) is 24.0 Å². The van der Waals surface area contributed by atoms with Crippen LogP contribution in [0.2, 0.25) is 0 Å². The van der Waals surface area contributed by atoms with Crippen LogP contribution in [-0.2, 0) is 9.53 Å². The number of amides is 1. The molecule has 0 bridgehead atoms. The van der Waals surface area contributed by atoms with Crippen LogP contribution in [-0.4, -0.2) is 48.8 Å². The second-order valence-electron chi connectivity index (χ2n) is 7.35. The number of rotatable bonds is 6. The van der Waals surface area contributed by atoms with Gasteiger partial charge < -0.3 is 25.8 Å². The molecule has 0 heterocycles. The van der Waals surface area contributed by atoms with Gasteiger partial charge in [0.15, 0.2) is 5.96 Å². The standard InChI is InChI=1S/C19H30N4O3.HI/c1-6-20-17(23-15-11-19(4,26-5)18(15,2)3)21-12-16(25)22-13-7-9-14(24)10-8-13;/h7-10,15,24H,6,11-12H2,1-5H3,(H,22,25)(H2,20,21,23);1H. The van der Waals surface area contributed by atoms with Gasteiger partial charge in [0, 0.05) is 30.8 Å². The van der Waals surface area contributed by atoms with E-state index >= 15 is 0 Å². The molecule has 0 aliphatic heterocycles. The zero-order chi connectivity index (χ0) is 19.4. The third-order valence-electron chi connectivity index (χ3n) is 5.47. The Hall–Kier alpha value is -1.55. The van der Waals surface area contributed by atoms with Crippen LogP contribution in [0, 0.1) is 5.41 Å². The highest BCUT2D eigenvalue weighted by atomic mass is 127. The fourth-order valence-electron chi connectivity index (χ4n) is 3.10. The van der Waals surface area contributed by atoms with Gasteiger partial charge in [-0.05, 0) is 44.5 Å². The summed E-state index contributed by atoms with van der Waals surface area (Å²) in [6.07, 6.45) is 0.876. The van der Waals surface area contributed by atoms with Crippen LogP contribution in [0.25, 0.3) is 0 Å². The smallest absolute Gasteiger partial charge is 0.246 e. The highest BCUT2D eigenvalue weighted by Crippen LogP contribution is 2.51. The van der Waals surface area contributed by atoms with E-state index in [1.807, 2.05) is 6.92 Å². The van der Waals surface area contributed by atoms with Gasteiger partial charge >= 0.3 is 0 Å². The molecule has 1 aliphatic rings. The first-order chi connectivity index (χ1) is 12.2. The lowest BCUT2D eigenvalue weighted by molar-refractivity contribution is -0.176. The van der Waals surface area contributed by atoms with Crippen molar-refractivity contribution in [1.82, 2.24) is 10.6 Å². The molecule has 1 saturated carbocycles. The third-order valence-corrected chi connectivity index (χ3v) is 5.47. The maximum atomic E-state index is 12.1. The lowest BCUT2D eigenvalue weighted by Crippen LogP contribution is -2.69. The van der Waals surface area contributed by atoms with Crippen LogP contribution < -0.4 is 16.0 Å². The normalized spacial score (nSPS) is 23.6. The molecule has 7 nitrogen and oxygen atoms in total. The van der Waals surface area contributed by atoms with Crippen molar-refractivity contribution in [1.29, 1.82) is 0 Å². The van der Waals surface area contributed by atoms with Gasteiger partial charge in [0.25, 0.3) is 0 Å². The number of carbonyl (C=O) groups is 1. The highest BCUT2D eigenvalue weighted by molar-refractivity contribution is 14.0. The fraction of sp³-hybridized carbons (Fsp3) is 0.579. The Labute approximate surface area is 178 Å². The lowest BCUT2D eigenvalue weighted by atomic mass is 9.56. The predicted molar refractivity (Wildman–Crippen MR) is 119 cm³/mol. The van der Waals surface area contributed by atoms with E-state index in [0.717, 1.165) is 6.42 Å². The number of hydrogen-bond acceptors (Lipinski definition) is 4. The van der Waals surface area contributed by atoms with E-state index in [4.69, 9.17) is 4.74 Å². The van der Waals surface area contributed by atoms with Crippen molar-refractivity contribution in [2.75, 3.05) is 25.5 Å². The Kier molecular flexibility index (Phi) is 8.34.